The van der Waals surface area contributed by atoms with Crippen LogP contribution in [-0.4, -0.2) is 24.9 Å². The highest BCUT2D eigenvalue weighted by Crippen LogP contribution is 2.49. The summed E-state index contributed by atoms with van der Waals surface area (Å²) in [7, 11) is 0. The minimum atomic E-state index is -0.130. The summed E-state index contributed by atoms with van der Waals surface area (Å²) in [5, 5.41) is 0. The molecule has 7 aromatic carbocycles. The van der Waals surface area contributed by atoms with Crippen LogP contribution in [0.2, 0.25) is 0 Å². The van der Waals surface area contributed by atoms with Crippen LogP contribution in [0.1, 0.15) is 25.0 Å². The molecule has 2 aromatic heterocycles. The third-order valence-electron chi connectivity index (χ3n) is 11.0. The average Bonchev–Trinajstić information content (AvgIpc) is 3.52. The Hall–Kier alpha value is -7.37. The van der Waals surface area contributed by atoms with Gasteiger partial charge in [0.25, 0.3) is 0 Å². The predicted octanol–water partition coefficient (Wildman–Crippen LogP) is 12.6. The zero-order valence-electron chi connectivity index (χ0n) is 31.6. The molecule has 0 saturated heterocycles. The number of fused-ring (bicyclic) bond motifs is 3. The Balaban J connectivity index is 1.01. The number of hydrogen-bond donors (Lipinski definition) is 0. The van der Waals surface area contributed by atoms with Crippen molar-refractivity contribution in [3.05, 3.63) is 199 Å². The molecule has 270 valence electrons. The molecule has 0 aliphatic heterocycles. The summed E-state index contributed by atoms with van der Waals surface area (Å²) in [6, 6.07) is 65.0. The SMILES string of the molecule is CC1(C)c2ccccc2-c2ccc(-c3nc(-c4ccccc4)nc(-c4ccc(-c5cccc(-c6cc(-c7ccccc7)nc(-c7ccccc7)n6)c5)cc4)n3)cc21. The van der Waals surface area contributed by atoms with Crippen LogP contribution >= 0.6 is 0 Å². The van der Waals surface area contributed by atoms with E-state index in [1.54, 1.807) is 0 Å². The highest BCUT2D eigenvalue weighted by Gasteiger charge is 2.35. The Morgan fingerprint density at radius 3 is 1.37 bits per heavy atom. The molecular weight excluding hydrogens is 695 g/mol. The molecule has 2 heterocycles. The lowest BCUT2D eigenvalue weighted by atomic mass is 9.82. The summed E-state index contributed by atoms with van der Waals surface area (Å²) >= 11 is 0. The summed E-state index contributed by atoms with van der Waals surface area (Å²) in [6.07, 6.45) is 0. The van der Waals surface area contributed by atoms with Crippen LogP contribution in [0.15, 0.2) is 188 Å². The Morgan fingerprint density at radius 1 is 0.281 bits per heavy atom. The van der Waals surface area contributed by atoms with Crippen molar-refractivity contribution in [2.45, 2.75) is 19.3 Å². The van der Waals surface area contributed by atoms with Crippen molar-refractivity contribution in [2.75, 3.05) is 0 Å². The van der Waals surface area contributed by atoms with E-state index in [-0.39, 0.29) is 5.41 Å². The lowest BCUT2D eigenvalue weighted by Crippen LogP contribution is -2.15. The topological polar surface area (TPSA) is 64.5 Å². The first-order valence-electron chi connectivity index (χ1n) is 19.3. The van der Waals surface area contributed by atoms with Crippen LogP contribution in [0.4, 0.5) is 0 Å². The zero-order chi connectivity index (χ0) is 38.3. The largest absolute Gasteiger partial charge is 0.228 e. The molecule has 5 heteroatoms. The molecule has 0 saturated carbocycles. The van der Waals surface area contributed by atoms with Gasteiger partial charge in [-0.2, -0.15) is 0 Å². The monoisotopic (exact) mass is 731 g/mol. The first kappa shape index (κ1) is 34.1. The summed E-state index contributed by atoms with van der Waals surface area (Å²) in [5.74, 6) is 2.62. The average molecular weight is 732 g/mol. The summed E-state index contributed by atoms with van der Waals surface area (Å²) < 4.78 is 0. The molecule has 0 atom stereocenters. The van der Waals surface area contributed by atoms with E-state index >= 15 is 0 Å². The fraction of sp³-hybridized carbons (Fsp3) is 0.0577. The van der Waals surface area contributed by atoms with Gasteiger partial charge in [-0.25, -0.2) is 24.9 Å². The van der Waals surface area contributed by atoms with E-state index in [0.717, 1.165) is 55.9 Å². The molecule has 9 aromatic rings. The number of nitrogens with zero attached hydrogens (tertiary/aromatic N) is 5. The first-order valence-corrected chi connectivity index (χ1v) is 19.3. The van der Waals surface area contributed by atoms with Gasteiger partial charge >= 0.3 is 0 Å². The van der Waals surface area contributed by atoms with E-state index in [1.165, 1.54) is 22.3 Å². The van der Waals surface area contributed by atoms with Crippen molar-refractivity contribution in [3.8, 4) is 90.3 Å². The van der Waals surface area contributed by atoms with Crippen LogP contribution in [0.25, 0.3) is 90.3 Å². The molecule has 10 rings (SSSR count). The molecule has 0 radical (unpaired) electrons. The fourth-order valence-corrected chi connectivity index (χ4v) is 7.93. The van der Waals surface area contributed by atoms with Crippen LogP contribution in [-0.2, 0) is 5.41 Å². The number of hydrogen-bond acceptors (Lipinski definition) is 5. The summed E-state index contributed by atoms with van der Waals surface area (Å²) in [5.41, 5.74) is 14.9. The first-order chi connectivity index (χ1) is 28.0. The number of rotatable bonds is 7. The third kappa shape index (κ3) is 6.39. The molecular formula is C52H37N5. The van der Waals surface area contributed by atoms with E-state index in [0.29, 0.717) is 23.3 Å². The minimum absolute atomic E-state index is 0.130. The van der Waals surface area contributed by atoms with Crippen molar-refractivity contribution in [2.24, 2.45) is 0 Å². The van der Waals surface area contributed by atoms with Crippen LogP contribution in [0, 0.1) is 0 Å². The van der Waals surface area contributed by atoms with Gasteiger partial charge in [-0.15, -0.1) is 0 Å². The third-order valence-corrected chi connectivity index (χ3v) is 11.0. The molecule has 1 aliphatic rings. The summed E-state index contributed by atoms with van der Waals surface area (Å²) in [6.45, 7) is 4.59. The zero-order valence-corrected chi connectivity index (χ0v) is 31.6. The smallest absolute Gasteiger partial charge is 0.164 e. The number of benzene rings is 7. The molecule has 0 bridgehead atoms. The Labute approximate surface area is 332 Å². The lowest BCUT2D eigenvalue weighted by molar-refractivity contribution is 0.660. The molecule has 0 fully saturated rings. The second kappa shape index (κ2) is 14.0. The van der Waals surface area contributed by atoms with Gasteiger partial charge in [0.05, 0.1) is 11.4 Å². The van der Waals surface area contributed by atoms with Crippen LogP contribution in [0.3, 0.4) is 0 Å². The minimum Gasteiger partial charge on any atom is -0.228 e. The van der Waals surface area contributed by atoms with Crippen LogP contribution in [0.5, 0.6) is 0 Å². The number of aromatic nitrogens is 5. The van der Waals surface area contributed by atoms with Crippen LogP contribution < -0.4 is 0 Å². The van der Waals surface area contributed by atoms with Gasteiger partial charge in [-0.1, -0.05) is 184 Å². The van der Waals surface area contributed by atoms with E-state index in [9.17, 15) is 0 Å². The van der Waals surface area contributed by atoms with Gasteiger partial charge < -0.3 is 0 Å². The van der Waals surface area contributed by atoms with Crippen molar-refractivity contribution in [1.29, 1.82) is 0 Å². The van der Waals surface area contributed by atoms with Gasteiger partial charge in [0, 0.05) is 38.8 Å². The predicted molar refractivity (Wildman–Crippen MR) is 231 cm³/mol. The second-order valence-corrected chi connectivity index (χ2v) is 15.0. The maximum absolute atomic E-state index is 5.11. The van der Waals surface area contributed by atoms with Gasteiger partial charge in [0.2, 0.25) is 0 Å². The molecule has 0 spiro atoms. The molecule has 0 amide bonds. The maximum atomic E-state index is 5.11. The highest BCUT2D eigenvalue weighted by atomic mass is 15.0. The Kier molecular flexibility index (Phi) is 8.41. The quantitative estimate of drug-likeness (QED) is 0.163. The van der Waals surface area contributed by atoms with E-state index < -0.39 is 0 Å². The Morgan fingerprint density at radius 2 is 0.719 bits per heavy atom. The van der Waals surface area contributed by atoms with Crippen molar-refractivity contribution in [1.82, 2.24) is 24.9 Å². The lowest BCUT2D eigenvalue weighted by Gasteiger charge is -2.21. The van der Waals surface area contributed by atoms with E-state index in [1.807, 2.05) is 66.7 Å². The van der Waals surface area contributed by atoms with Gasteiger partial charge in [0.15, 0.2) is 23.3 Å². The van der Waals surface area contributed by atoms with Gasteiger partial charge in [0.1, 0.15) is 0 Å². The van der Waals surface area contributed by atoms with E-state index in [4.69, 9.17) is 24.9 Å². The standard InChI is InChI=1S/C52H37N5/c1-52(2)44-24-13-12-23-42(44)43-30-29-41(32-45(43)52)51-56-49(37-19-10-5-11-20-37)55-50(57-51)38-27-25-34(26-28-38)39-21-14-22-40(31-39)47-33-46(35-15-6-3-7-16-35)53-48(54-47)36-17-8-4-9-18-36/h3-33H,1-2H3. The molecule has 1 aliphatic carbocycles. The molecule has 0 N–H and O–H groups in total. The van der Waals surface area contributed by atoms with E-state index in [2.05, 4.69) is 135 Å². The maximum Gasteiger partial charge on any atom is 0.164 e. The normalized spacial score (nSPS) is 12.5. The highest BCUT2D eigenvalue weighted by molar-refractivity contribution is 5.83. The molecule has 5 nitrogen and oxygen atoms in total. The second-order valence-electron chi connectivity index (χ2n) is 15.0. The van der Waals surface area contributed by atoms with Crippen molar-refractivity contribution >= 4 is 0 Å². The molecule has 57 heavy (non-hydrogen) atoms. The van der Waals surface area contributed by atoms with Crippen molar-refractivity contribution < 1.29 is 0 Å². The Bertz CT molecular complexity index is 2850. The fourth-order valence-electron chi connectivity index (χ4n) is 7.93. The van der Waals surface area contributed by atoms with Crippen molar-refractivity contribution in [3.63, 3.8) is 0 Å². The van der Waals surface area contributed by atoms with Gasteiger partial charge in [-0.05, 0) is 51.6 Å². The molecule has 0 unspecified atom stereocenters. The summed E-state index contributed by atoms with van der Waals surface area (Å²) in [4.78, 5) is 25.2. The van der Waals surface area contributed by atoms with Gasteiger partial charge in [-0.3, -0.25) is 0 Å².